The van der Waals surface area contributed by atoms with E-state index in [0.29, 0.717) is 0 Å². The van der Waals surface area contributed by atoms with Crippen molar-refractivity contribution in [2.45, 2.75) is 13.0 Å². The quantitative estimate of drug-likeness (QED) is 0.652. The second kappa shape index (κ2) is 9.69. The van der Waals surface area contributed by atoms with Crippen LogP contribution < -0.4 is 10.2 Å². The Morgan fingerprint density at radius 1 is 1.25 bits per heavy atom. The largest absolute Gasteiger partial charge is 0.383 e. The number of nitrogens with one attached hydrogen (secondary N) is 1. The number of nitrogens with zero attached hydrogens (tertiary/aromatic N) is 3. The third kappa shape index (κ3) is 6.32. The van der Waals surface area contributed by atoms with Crippen molar-refractivity contribution >= 4 is 5.82 Å². The van der Waals surface area contributed by atoms with Gasteiger partial charge in [-0.3, -0.25) is 0 Å². The zero-order valence-corrected chi connectivity index (χ0v) is 13.2. The molecule has 5 nitrogen and oxygen atoms in total. The highest BCUT2D eigenvalue weighted by Crippen LogP contribution is 2.15. The first-order valence-corrected chi connectivity index (χ1v) is 7.14. The van der Waals surface area contributed by atoms with Crippen LogP contribution in [0.2, 0.25) is 0 Å². The molecule has 5 heteroatoms. The molecule has 0 saturated carbocycles. The van der Waals surface area contributed by atoms with Gasteiger partial charge in [-0.25, -0.2) is 4.98 Å². The molecule has 1 N–H and O–H groups in total. The van der Waals surface area contributed by atoms with Crippen LogP contribution in [0, 0.1) is 0 Å². The Bertz CT molecular complexity index is 371. The predicted octanol–water partition coefficient (Wildman–Crippen LogP) is 1.21. The third-order valence-electron chi connectivity index (χ3n) is 3.13. The van der Waals surface area contributed by atoms with E-state index in [-0.39, 0.29) is 0 Å². The number of rotatable bonds is 10. The van der Waals surface area contributed by atoms with Gasteiger partial charge >= 0.3 is 0 Å². The van der Waals surface area contributed by atoms with Crippen LogP contribution in [0.3, 0.4) is 0 Å². The van der Waals surface area contributed by atoms with Gasteiger partial charge in [0.2, 0.25) is 0 Å². The van der Waals surface area contributed by atoms with E-state index >= 15 is 0 Å². The number of ether oxygens (including phenoxy) is 1. The highest BCUT2D eigenvalue weighted by Gasteiger charge is 2.08. The Morgan fingerprint density at radius 3 is 2.75 bits per heavy atom. The molecule has 0 aromatic carbocycles. The van der Waals surface area contributed by atoms with Gasteiger partial charge in [0.25, 0.3) is 0 Å². The summed E-state index contributed by atoms with van der Waals surface area (Å²) in [4.78, 5) is 8.96. The summed E-state index contributed by atoms with van der Waals surface area (Å²) < 4.78 is 5.04. The van der Waals surface area contributed by atoms with Crippen LogP contribution in [-0.4, -0.2) is 64.4 Å². The summed E-state index contributed by atoms with van der Waals surface area (Å²) in [6, 6.07) is 4.12. The number of pyridine rings is 1. The Kier molecular flexibility index (Phi) is 8.18. The average Bonchev–Trinajstić information content (AvgIpc) is 2.43. The molecule has 0 saturated heterocycles. The first-order valence-electron chi connectivity index (χ1n) is 7.14. The highest BCUT2D eigenvalue weighted by molar-refractivity contribution is 5.45. The third-order valence-corrected chi connectivity index (χ3v) is 3.13. The van der Waals surface area contributed by atoms with Crippen molar-refractivity contribution in [3.8, 4) is 0 Å². The van der Waals surface area contributed by atoms with Crippen molar-refractivity contribution in [2.75, 3.05) is 59.4 Å². The lowest BCUT2D eigenvalue weighted by Gasteiger charge is -2.22. The average molecular weight is 280 g/mol. The summed E-state index contributed by atoms with van der Waals surface area (Å²) in [6.45, 7) is 4.52. The zero-order chi connectivity index (χ0) is 14.8. The Labute approximate surface area is 122 Å². The maximum Gasteiger partial charge on any atom is 0.132 e. The number of hydrogen-bond acceptors (Lipinski definition) is 5. The molecule has 0 amide bonds. The van der Waals surface area contributed by atoms with Crippen molar-refractivity contribution in [1.29, 1.82) is 0 Å². The van der Waals surface area contributed by atoms with E-state index < -0.39 is 0 Å². The van der Waals surface area contributed by atoms with Crippen LogP contribution in [-0.2, 0) is 11.3 Å². The minimum atomic E-state index is 0.730. The molecule has 0 bridgehead atoms. The molecular weight excluding hydrogens is 252 g/mol. The fourth-order valence-electron chi connectivity index (χ4n) is 2.04. The van der Waals surface area contributed by atoms with Gasteiger partial charge in [-0.2, -0.15) is 0 Å². The van der Waals surface area contributed by atoms with E-state index in [1.165, 1.54) is 5.56 Å². The zero-order valence-electron chi connectivity index (χ0n) is 13.2. The Hall–Kier alpha value is -1.17. The van der Waals surface area contributed by atoms with E-state index in [1.54, 1.807) is 7.11 Å². The van der Waals surface area contributed by atoms with Gasteiger partial charge in [0.05, 0.1) is 6.61 Å². The van der Waals surface area contributed by atoms with Crippen LogP contribution in [0.1, 0.15) is 12.0 Å². The molecule has 0 fully saturated rings. The van der Waals surface area contributed by atoms with Gasteiger partial charge in [0.1, 0.15) is 5.82 Å². The van der Waals surface area contributed by atoms with Crippen molar-refractivity contribution < 1.29 is 4.74 Å². The van der Waals surface area contributed by atoms with E-state index in [0.717, 1.165) is 45.0 Å². The monoisotopic (exact) mass is 280 g/mol. The van der Waals surface area contributed by atoms with Crippen LogP contribution in [0.4, 0.5) is 5.82 Å². The second-order valence-corrected chi connectivity index (χ2v) is 5.23. The molecule has 1 aromatic heterocycles. The second-order valence-electron chi connectivity index (χ2n) is 5.23. The summed E-state index contributed by atoms with van der Waals surface area (Å²) in [5.74, 6) is 1.07. The van der Waals surface area contributed by atoms with E-state index in [2.05, 4.69) is 47.3 Å². The van der Waals surface area contributed by atoms with Gasteiger partial charge in [-0.05, 0) is 33.1 Å². The van der Waals surface area contributed by atoms with Gasteiger partial charge in [-0.1, -0.05) is 6.07 Å². The standard InChI is InChI=1S/C15H28N4O/c1-18(2)10-6-11-19(3)15-14(7-5-8-17-15)13-16-9-12-20-4/h5,7-8,16H,6,9-13H2,1-4H3. The number of hydrogen-bond donors (Lipinski definition) is 1. The maximum atomic E-state index is 5.04. The van der Waals surface area contributed by atoms with E-state index in [9.17, 15) is 0 Å². The lowest BCUT2D eigenvalue weighted by molar-refractivity contribution is 0.199. The molecule has 114 valence electrons. The van der Waals surface area contributed by atoms with Crippen molar-refractivity contribution in [2.24, 2.45) is 0 Å². The van der Waals surface area contributed by atoms with Crippen LogP contribution in [0.5, 0.6) is 0 Å². The molecule has 0 radical (unpaired) electrons. The van der Waals surface area contributed by atoms with Gasteiger partial charge in [0, 0.05) is 45.6 Å². The minimum Gasteiger partial charge on any atom is -0.383 e. The molecular formula is C15H28N4O. The summed E-state index contributed by atoms with van der Waals surface area (Å²) in [5.41, 5.74) is 1.23. The lowest BCUT2D eigenvalue weighted by atomic mass is 10.2. The molecule has 0 atom stereocenters. The fraction of sp³-hybridized carbons (Fsp3) is 0.667. The van der Waals surface area contributed by atoms with Crippen molar-refractivity contribution in [1.82, 2.24) is 15.2 Å². The lowest BCUT2D eigenvalue weighted by Crippen LogP contribution is -2.26. The minimum absolute atomic E-state index is 0.730. The van der Waals surface area contributed by atoms with Gasteiger partial charge in [-0.15, -0.1) is 0 Å². The molecule has 0 aliphatic carbocycles. The van der Waals surface area contributed by atoms with Crippen molar-refractivity contribution in [3.05, 3.63) is 23.9 Å². The molecule has 0 aliphatic rings. The van der Waals surface area contributed by atoms with Crippen LogP contribution >= 0.6 is 0 Å². The maximum absolute atomic E-state index is 5.04. The van der Waals surface area contributed by atoms with E-state index in [1.807, 2.05) is 12.3 Å². The SMILES string of the molecule is COCCNCc1cccnc1N(C)CCCN(C)C. The topological polar surface area (TPSA) is 40.6 Å². The molecule has 0 unspecified atom stereocenters. The molecule has 0 aliphatic heterocycles. The van der Waals surface area contributed by atoms with Crippen molar-refractivity contribution in [3.63, 3.8) is 0 Å². The molecule has 1 rings (SSSR count). The smallest absolute Gasteiger partial charge is 0.132 e. The highest BCUT2D eigenvalue weighted by atomic mass is 16.5. The molecule has 0 spiro atoms. The summed E-state index contributed by atoms with van der Waals surface area (Å²) in [7, 11) is 8.03. The number of aromatic nitrogens is 1. The molecule has 1 heterocycles. The first-order chi connectivity index (χ1) is 9.65. The predicted molar refractivity (Wildman–Crippen MR) is 84.3 cm³/mol. The van der Waals surface area contributed by atoms with Gasteiger partial charge in [0.15, 0.2) is 0 Å². The Balaban J connectivity index is 2.50. The normalized spacial score (nSPS) is 11.1. The first kappa shape index (κ1) is 16.9. The number of methoxy groups -OCH3 is 1. The summed E-state index contributed by atoms with van der Waals surface area (Å²) in [5, 5.41) is 3.37. The van der Waals surface area contributed by atoms with E-state index in [4.69, 9.17) is 4.74 Å². The molecule has 1 aromatic rings. The Morgan fingerprint density at radius 2 is 2.05 bits per heavy atom. The molecule has 20 heavy (non-hydrogen) atoms. The van der Waals surface area contributed by atoms with Crippen LogP contribution in [0.25, 0.3) is 0 Å². The fourth-order valence-corrected chi connectivity index (χ4v) is 2.04. The van der Waals surface area contributed by atoms with Crippen LogP contribution in [0.15, 0.2) is 18.3 Å². The summed E-state index contributed by atoms with van der Waals surface area (Å²) >= 11 is 0. The van der Waals surface area contributed by atoms with Gasteiger partial charge < -0.3 is 19.9 Å². The number of anilines is 1. The summed E-state index contributed by atoms with van der Waals surface area (Å²) in [6.07, 6.45) is 2.99.